The molecule has 0 N–H and O–H groups in total. The molecule has 4 rings (SSSR count). The molecule has 3 heterocycles. The van der Waals surface area contributed by atoms with Crippen LogP contribution in [0, 0.1) is 6.92 Å². The topological polar surface area (TPSA) is 54.0 Å². The van der Waals surface area contributed by atoms with Crippen LogP contribution in [0.15, 0.2) is 30.3 Å². The minimum absolute atomic E-state index is 0.763. The maximum atomic E-state index is 5.46. The van der Waals surface area contributed by atoms with Gasteiger partial charge in [0.2, 0.25) is 5.95 Å². The molecule has 0 spiro atoms. The molecule has 0 bridgehead atoms. The smallest absolute Gasteiger partial charge is 0.227 e. The lowest BCUT2D eigenvalue weighted by Gasteiger charge is -2.36. The first kappa shape index (κ1) is 17.9. The minimum Gasteiger partial charge on any atom is -0.497 e. The quantitative estimate of drug-likeness (QED) is 0.816. The van der Waals surface area contributed by atoms with E-state index in [0.29, 0.717) is 0 Å². The van der Waals surface area contributed by atoms with Crippen molar-refractivity contribution in [2.75, 3.05) is 74.3 Å². The van der Waals surface area contributed by atoms with E-state index in [9.17, 15) is 0 Å². The summed E-state index contributed by atoms with van der Waals surface area (Å²) in [5.74, 6) is 2.74. The monoisotopic (exact) mass is 369 g/mol. The van der Waals surface area contributed by atoms with Gasteiger partial charge in [-0.15, -0.1) is 0 Å². The molecule has 7 heteroatoms. The predicted octanol–water partition coefficient (Wildman–Crippen LogP) is 1.96. The van der Waals surface area contributed by atoms with Crippen molar-refractivity contribution in [1.82, 2.24) is 9.97 Å². The predicted molar refractivity (Wildman–Crippen MR) is 107 cm³/mol. The first-order chi connectivity index (χ1) is 13.2. The fourth-order valence-corrected chi connectivity index (χ4v) is 3.59. The number of piperazine rings is 1. The molecule has 0 atom stereocenters. The van der Waals surface area contributed by atoms with Crippen LogP contribution in [0.4, 0.5) is 17.5 Å². The van der Waals surface area contributed by atoms with E-state index in [-0.39, 0.29) is 0 Å². The molecular formula is C20H27N5O2. The average molecular weight is 369 g/mol. The summed E-state index contributed by atoms with van der Waals surface area (Å²) in [5, 5.41) is 0. The van der Waals surface area contributed by atoms with Gasteiger partial charge in [-0.3, -0.25) is 0 Å². The zero-order chi connectivity index (χ0) is 18.6. The molecule has 144 valence electrons. The minimum atomic E-state index is 0.763. The van der Waals surface area contributed by atoms with Crippen LogP contribution in [-0.4, -0.2) is 69.6 Å². The van der Waals surface area contributed by atoms with E-state index in [1.54, 1.807) is 7.11 Å². The highest BCUT2D eigenvalue weighted by atomic mass is 16.5. The number of hydrogen-bond acceptors (Lipinski definition) is 7. The fraction of sp³-hybridized carbons (Fsp3) is 0.500. The zero-order valence-electron chi connectivity index (χ0n) is 16.1. The zero-order valence-corrected chi connectivity index (χ0v) is 16.1. The number of ether oxygens (including phenoxy) is 2. The first-order valence-electron chi connectivity index (χ1n) is 9.55. The number of aromatic nitrogens is 2. The number of rotatable bonds is 4. The highest BCUT2D eigenvalue weighted by Gasteiger charge is 2.21. The molecule has 27 heavy (non-hydrogen) atoms. The number of aryl methyl sites for hydroxylation is 1. The van der Waals surface area contributed by atoms with Crippen LogP contribution in [0.3, 0.4) is 0 Å². The van der Waals surface area contributed by atoms with E-state index < -0.39 is 0 Å². The fourth-order valence-electron chi connectivity index (χ4n) is 3.59. The van der Waals surface area contributed by atoms with E-state index in [1.165, 1.54) is 5.69 Å². The SMILES string of the molecule is COc1ccc(N2CCN(c3nc(C)cc(N4CCOCC4)n3)CC2)cc1. The number of morpholine rings is 1. The summed E-state index contributed by atoms with van der Waals surface area (Å²) in [7, 11) is 1.70. The van der Waals surface area contributed by atoms with Gasteiger partial charge in [-0.25, -0.2) is 4.98 Å². The lowest BCUT2D eigenvalue weighted by molar-refractivity contribution is 0.122. The summed E-state index contributed by atoms with van der Waals surface area (Å²) in [6.45, 7) is 9.09. The Morgan fingerprint density at radius 2 is 1.52 bits per heavy atom. The Morgan fingerprint density at radius 1 is 0.852 bits per heavy atom. The Kier molecular flexibility index (Phi) is 5.29. The normalized spacial score (nSPS) is 17.9. The average Bonchev–Trinajstić information content (AvgIpc) is 2.74. The van der Waals surface area contributed by atoms with Crippen molar-refractivity contribution >= 4 is 17.5 Å². The highest BCUT2D eigenvalue weighted by molar-refractivity contribution is 5.52. The van der Waals surface area contributed by atoms with Gasteiger partial charge in [0.15, 0.2) is 0 Å². The second-order valence-electron chi connectivity index (χ2n) is 6.94. The van der Waals surface area contributed by atoms with Crippen molar-refractivity contribution in [3.05, 3.63) is 36.0 Å². The van der Waals surface area contributed by atoms with E-state index in [1.807, 2.05) is 19.1 Å². The van der Waals surface area contributed by atoms with Crippen LogP contribution in [0.2, 0.25) is 0 Å². The lowest BCUT2D eigenvalue weighted by atomic mass is 10.2. The van der Waals surface area contributed by atoms with Crippen LogP contribution in [0.5, 0.6) is 5.75 Å². The van der Waals surface area contributed by atoms with Gasteiger partial charge in [-0.2, -0.15) is 4.98 Å². The van der Waals surface area contributed by atoms with Crippen molar-refractivity contribution in [2.24, 2.45) is 0 Å². The molecule has 0 unspecified atom stereocenters. The van der Waals surface area contributed by atoms with Crippen molar-refractivity contribution < 1.29 is 9.47 Å². The Balaban J connectivity index is 1.43. The molecule has 2 saturated heterocycles. The van der Waals surface area contributed by atoms with Gasteiger partial charge < -0.3 is 24.2 Å². The van der Waals surface area contributed by atoms with Gasteiger partial charge in [-0.1, -0.05) is 0 Å². The molecule has 0 amide bonds. The molecule has 7 nitrogen and oxygen atoms in total. The summed E-state index contributed by atoms with van der Waals surface area (Å²) in [4.78, 5) is 16.5. The Morgan fingerprint density at radius 3 is 2.19 bits per heavy atom. The Labute approximate surface area is 160 Å². The molecule has 0 aliphatic carbocycles. The number of methoxy groups -OCH3 is 1. The summed E-state index contributed by atoms with van der Waals surface area (Å²) < 4.78 is 10.7. The molecule has 2 aliphatic heterocycles. The van der Waals surface area contributed by atoms with Gasteiger partial charge in [0.25, 0.3) is 0 Å². The van der Waals surface area contributed by atoms with E-state index >= 15 is 0 Å². The maximum absolute atomic E-state index is 5.46. The van der Waals surface area contributed by atoms with Crippen LogP contribution in [-0.2, 0) is 4.74 Å². The van der Waals surface area contributed by atoms with Gasteiger partial charge in [0, 0.05) is 56.7 Å². The third kappa shape index (κ3) is 4.08. The first-order valence-corrected chi connectivity index (χ1v) is 9.55. The maximum Gasteiger partial charge on any atom is 0.227 e. The molecule has 0 radical (unpaired) electrons. The van der Waals surface area contributed by atoms with Crippen molar-refractivity contribution in [1.29, 1.82) is 0 Å². The summed E-state index contributed by atoms with van der Waals surface area (Å²) >= 11 is 0. The molecular weight excluding hydrogens is 342 g/mol. The third-order valence-electron chi connectivity index (χ3n) is 5.16. The van der Waals surface area contributed by atoms with E-state index in [0.717, 1.165) is 75.7 Å². The van der Waals surface area contributed by atoms with Crippen LogP contribution in [0.25, 0.3) is 0 Å². The molecule has 2 aromatic rings. The molecule has 0 saturated carbocycles. The number of nitrogens with zero attached hydrogens (tertiary/aromatic N) is 5. The highest BCUT2D eigenvalue weighted by Crippen LogP contribution is 2.23. The van der Waals surface area contributed by atoms with Gasteiger partial charge in [0.1, 0.15) is 11.6 Å². The molecule has 1 aromatic carbocycles. The van der Waals surface area contributed by atoms with Crippen LogP contribution >= 0.6 is 0 Å². The van der Waals surface area contributed by atoms with E-state index in [4.69, 9.17) is 19.4 Å². The van der Waals surface area contributed by atoms with Gasteiger partial charge in [-0.05, 0) is 31.2 Å². The van der Waals surface area contributed by atoms with Crippen molar-refractivity contribution in [3.63, 3.8) is 0 Å². The van der Waals surface area contributed by atoms with Gasteiger partial charge in [0.05, 0.1) is 20.3 Å². The Hall–Kier alpha value is -2.54. The van der Waals surface area contributed by atoms with Gasteiger partial charge >= 0.3 is 0 Å². The Bertz CT molecular complexity index is 753. The summed E-state index contributed by atoms with van der Waals surface area (Å²) in [5.41, 5.74) is 2.24. The van der Waals surface area contributed by atoms with Crippen molar-refractivity contribution in [2.45, 2.75) is 6.92 Å². The molecule has 1 aromatic heterocycles. The largest absolute Gasteiger partial charge is 0.497 e. The van der Waals surface area contributed by atoms with Crippen LogP contribution < -0.4 is 19.4 Å². The standard InChI is InChI=1S/C20H27N5O2/c1-16-15-19(24-11-13-27-14-12-24)22-20(21-16)25-9-7-23(8-10-25)17-3-5-18(26-2)6-4-17/h3-6,15H,7-14H2,1-2H3. The number of anilines is 3. The third-order valence-corrected chi connectivity index (χ3v) is 5.16. The summed E-state index contributed by atoms with van der Waals surface area (Å²) in [6, 6.07) is 10.3. The number of benzene rings is 1. The number of hydrogen-bond donors (Lipinski definition) is 0. The second kappa shape index (κ2) is 8.00. The molecule has 2 fully saturated rings. The van der Waals surface area contributed by atoms with Crippen molar-refractivity contribution in [3.8, 4) is 5.75 Å². The molecule has 2 aliphatic rings. The lowest BCUT2D eigenvalue weighted by Crippen LogP contribution is -2.47. The second-order valence-corrected chi connectivity index (χ2v) is 6.94. The van der Waals surface area contributed by atoms with Crippen LogP contribution in [0.1, 0.15) is 5.69 Å². The van der Waals surface area contributed by atoms with E-state index in [2.05, 4.69) is 32.9 Å². The summed E-state index contributed by atoms with van der Waals surface area (Å²) in [6.07, 6.45) is 0.